The third-order valence-corrected chi connectivity index (χ3v) is 2.73. The Hall–Kier alpha value is -1.35. The van der Waals surface area contributed by atoms with Crippen LogP contribution < -0.4 is 10.5 Å². The molecular weight excluding hydrogens is 214 g/mol. The predicted octanol–water partition coefficient (Wildman–Crippen LogP) is 2.56. The molecule has 94 valence electrons. The van der Waals surface area contributed by atoms with Crippen LogP contribution >= 0.6 is 0 Å². The first-order valence-electron chi connectivity index (χ1n) is 6.05. The number of nitrogens with two attached hydrogens (primary N) is 1. The SMILES string of the molecule is CCOc1ccc(C(=O)CC(C)CN)cc1C. The summed E-state index contributed by atoms with van der Waals surface area (Å²) in [5, 5.41) is 0. The fraction of sp³-hybridized carbons (Fsp3) is 0.500. The van der Waals surface area contributed by atoms with Gasteiger partial charge in [0.15, 0.2) is 5.78 Å². The largest absolute Gasteiger partial charge is 0.494 e. The Bertz CT molecular complexity index is 388. The topological polar surface area (TPSA) is 52.3 Å². The zero-order valence-corrected chi connectivity index (χ0v) is 10.8. The first kappa shape index (κ1) is 13.7. The minimum absolute atomic E-state index is 0.147. The molecule has 0 saturated heterocycles. The van der Waals surface area contributed by atoms with Crippen LogP contribution in [0.3, 0.4) is 0 Å². The molecule has 0 radical (unpaired) electrons. The first-order chi connectivity index (χ1) is 8.08. The summed E-state index contributed by atoms with van der Waals surface area (Å²) in [6, 6.07) is 5.57. The number of aryl methyl sites for hydroxylation is 1. The van der Waals surface area contributed by atoms with E-state index in [4.69, 9.17) is 10.5 Å². The normalized spacial score (nSPS) is 12.2. The molecule has 0 heterocycles. The number of benzene rings is 1. The average molecular weight is 235 g/mol. The van der Waals surface area contributed by atoms with Crippen LogP contribution in [0.2, 0.25) is 0 Å². The maximum Gasteiger partial charge on any atom is 0.163 e. The van der Waals surface area contributed by atoms with E-state index in [0.717, 1.165) is 16.9 Å². The van der Waals surface area contributed by atoms with Gasteiger partial charge in [0.25, 0.3) is 0 Å². The molecule has 1 atom stereocenters. The van der Waals surface area contributed by atoms with Gasteiger partial charge in [-0.05, 0) is 50.1 Å². The highest BCUT2D eigenvalue weighted by Crippen LogP contribution is 2.20. The fourth-order valence-electron chi connectivity index (χ4n) is 1.66. The lowest BCUT2D eigenvalue weighted by Gasteiger charge is -2.10. The van der Waals surface area contributed by atoms with Gasteiger partial charge < -0.3 is 10.5 Å². The molecule has 0 amide bonds. The molecule has 0 bridgehead atoms. The van der Waals surface area contributed by atoms with E-state index >= 15 is 0 Å². The highest BCUT2D eigenvalue weighted by atomic mass is 16.5. The van der Waals surface area contributed by atoms with Crippen molar-refractivity contribution in [1.29, 1.82) is 0 Å². The number of carbonyl (C=O) groups excluding carboxylic acids is 1. The van der Waals surface area contributed by atoms with Gasteiger partial charge in [0.2, 0.25) is 0 Å². The summed E-state index contributed by atoms with van der Waals surface area (Å²) < 4.78 is 5.44. The molecule has 1 rings (SSSR count). The summed E-state index contributed by atoms with van der Waals surface area (Å²) in [5.41, 5.74) is 7.26. The van der Waals surface area contributed by atoms with E-state index in [1.807, 2.05) is 39.0 Å². The van der Waals surface area contributed by atoms with Gasteiger partial charge in [0.05, 0.1) is 6.61 Å². The summed E-state index contributed by atoms with van der Waals surface area (Å²) >= 11 is 0. The molecule has 0 aromatic heterocycles. The standard InChI is InChI=1S/C14H21NO2/c1-4-17-14-6-5-12(8-11(14)3)13(16)7-10(2)9-15/h5-6,8,10H,4,7,9,15H2,1-3H3. The lowest BCUT2D eigenvalue weighted by atomic mass is 9.98. The molecule has 1 aromatic rings. The third-order valence-electron chi connectivity index (χ3n) is 2.73. The van der Waals surface area contributed by atoms with Gasteiger partial charge in [-0.1, -0.05) is 6.92 Å². The summed E-state index contributed by atoms with van der Waals surface area (Å²) in [4.78, 5) is 11.9. The van der Waals surface area contributed by atoms with Crippen molar-refractivity contribution in [2.75, 3.05) is 13.2 Å². The first-order valence-corrected chi connectivity index (χ1v) is 6.05. The number of hydrogen-bond acceptors (Lipinski definition) is 3. The Labute approximate surface area is 103 Å². The fourth-order valence-corrected chi connectivity index (χ4v) is 1.66. The molecule has 0 fully saturated rings. The molecule has 1 unspecified atom stereocenters. The molecule has 3 nitrogen and oxygen atoms in total. The van der Waals surface area contributed by atoms with Gasteiger partial charge in [-0.3, -0.25) is 4.79 Å². The van der Waals surface area contributed by atoms with E-state index in [0.29, 0.717) is 19.6 Å². The maximum atomic E-state index is 11.9. The second-order valence-electron chi connectivity index (χ2n) is 4.38. The van der Waals surface area contributed by atoms with Crippen LogP contribution in [0.25, 0.3) is 0 Å². The molecule has 1 aromatic carbocycles. The second-order valence-corrected chi connectivity index (χ2v) is 4.38. The molecule has 3 heteroatoms. The van der Waals surface area contributed by atoms with Crippen LogP contribution in [0.5, 0.6) is 5.75 Å². The van der Waals surface area contributed by atoms with E-state index in [-0.39, 0.29) is 11.7 Å². The molecule has 0 saturated carbocycles. The maximum absolute atomic E-state index is 11.9. The van der Waals surface area contributed by atoms with Gasteiger partial charge in [0.1, 0.15) is 5.75 Å². The molecule has 2 N–H and O–H groups in total. The van der Waals surface area contributed by atoms with Crippen molar-refractivity contribution in [3.05, 3.63) is 29.3 Å². The molecular formula is C14H21NO2. The molecule has 0 aliphatic carbocycles. The molecule has 0 spiro atoms. The number of hydrogen-bond donors (Lipinski definition) is 1. The Balaban J connectivity index is 2.79. The van der Waals surface area contributed by atoms with Crippen LogP contribution in [-0.2, 0) is 0 Å². The second kappa shape index (κ2) is 6.40. The van der Waals surface area contributed by atoms with Crippen LogP contribution in [0.15, 0.2) is 18.2 Å². The molecule has 0 aliphatic heterocycles. The quantitative estimate of drug-likeness (QED) is 0.771. The average Bonchev–Trinajstić information content (AvgIpc) is 2.31. The Kier molecular flexibility index (Phi) is 5.16. The Morgan fingerprint density at radius 1 is 1.47 bits per heavy atom. The van der Waals surface area contributed by atoms with Gasteiger partial charge in [0, 0.05) is 12.0 Å². The lowest BCUT2D eigenvalue weighted by molar-refractivity contribution is 0.0966. The zero-order valence-electron chi connectivity index (χ0n) is 10.8. The summed E-state index contributed by atoms with van der Waals surface area (Å²) in [7, 11) is 0. The smallest absolute Gasteiger partial charge is 0.163 e. The van der Waals surface area contributed by atoms with Gasteiger partial charge in [-0.25, -0.2) is 0 Å². The number of carbonyl (C=O) groups is 1. The number of ketones is 1. The van der Waals surface area contributed by atoms with Crippen LogP contribution in [0.1, 0.15) is 36.2 Å². The van der Waals surface area contributed by atoms with Crippen LogP contribution in [0.4, 0.5) is 0 Å². The third kappa shape index (κ3) is 3.86. The van der Waals surface area contributed by atoms with Crippen molar-refractivity contribution in [3.8, 4) is 5.75 Å². The summed E-state index contributed by atoms with van der Waals surface area (Å²) in [6.07, 6.45) is 0.504. The van der Waals surface area contributed by atoms with Crippen molar-refractivity contribution in [3.63, 3.8) is 0 Å². The van der Waals surface area contributed by atoms with E-state index in [2.05, 4.69) is 0 Å². The highest BCUT2D eigenvalue weighted by molar-refractivity contribution is 5.96. The highest BCUT2D eigenvalue weighted by Gasteiger charge is 2.11. The monoisotopic (exact) mass is 235 g/mol. The van der Waals surface area contributed by atoms with Crippen molar-refractivity contribution < 1.29 is 9.53 Å². The van der Waals surface area contributed by atoms with Crippen molar-refractivity contribution in [1.82, 2.24) is 0 Å². The van der Waals surface area contributed by atoms with E-state index in [1.165, 1.54) is 0 Å². The van der Waals surface area contributed by atoms with E-state index in [9.17, 15) is 4.79 Å². The van der Waals surface area contributed by atoms with Crippen molar-refractivity contribution in [2.45, 2.75) is 27.2 Å². The number of rotatable bonds is 6. The molecule has 17 heavy (non-hydrogen) atoms. The van der Waals surface area contributed by atoms with Gasteiger partial charge >= 0.3 is 0 Å². The number of ether oxygens (including phenoxy) is 1. The van der Waals surface area contributed by atoms with Crippen LogP contribution in [-0.4, -0.2) is 18.9 Å². The van der Waals surface area contributed by atoms with E-state index in [1.54, 1.807) is 0 Å². The Morgan fingerprint density at radius 2 is 2.18 bits per heavy atom. The minimum Gasteiger partial charge on any atom is -0.494 e. The predicted molar refractivity (Wildman–Crippen MR) is 69.5 cm³/mol. The zero-order chi connectivity index (χ0) is 12.8. The van der Waals surface area contributed by atoms with Crippen molar-refractivity contribution >= 4 is 5.78 Å². The van der Waals surface area contributed by atoms with Crippen LogP contribution in [0, 0.1) is 12.8 Å². The van der Waals surface area contributed by atoms with Gasteiger partial charge in [-0.15, -0.1) is 0 Å². The van der Waals surface area contributed by atoms with Crippen molar-refractivity contribution in [2.24, 2.45) is 11.7 Å². The van der Waals surface area contributed by atoms with E-state index < -0.39 is 0 Å². The molecule has 0 aliphatic rings. The summed E-state index contributed by atoms with van der Waals surface area (Å²) in [6.45, 7) is 7.06. The van der Waals surface area contributed by atoms with Gasteiger partial charge in [-0.2, -0.15) is 0 Å². The summed E-state index contributed by atoms with van der Waals surface area (Å²) in [5.74, 6) is 1.22. The minimum atomic E-state index is 0.147. The lowest BCUT2D eigenvalue weighted by Crippen LogP contribution is -2.15. The Morgan fingerprint density at radius 3 is 2.71 bits per heavy atom. The number of Topliss-reactive ketones (excluding diaryl/α,β-unsaturated/α-hetero) is 1.